The first-order chi connectivity index (χ1) is 6.80. The maximum Gasteiger partial charge on any atom is 0.170 e. The number of nitrogens with two attached hydrogens (primary N) is 1. The van der Waals surface area contributed by atoms with E-state index in [0.717, 1.165) is 10.2 Å². The van der Waals surface area contributed by atoms with Crippen molar-refractivity contribution in [1.29, 1.82) is 0 Å². The molecular formula is C10H19N3S2. The molecule has 2 unspecified atom stereocenters. The summed E-state index contributed by atoms with van der Waals surface area (Å²) in [7, 11) is 0. The SMILES string of the molecule is Cc1nsc(SC(C(C)N)C(C)(C)C)n1. The van der Waals surface area contributed by atoms with Gasteiger partial charge in [-0.05, 0) is 30.8 Å². The van der Waals surface area contributed by atoms with Crippen LogP contribution in [-0.2, 0) is 0 Å². The van der Waals surface area contributed by atoms with Crippen molar-refractivity contribution in [1.82, 2.24) is 9.36 Å². The Morgan fingerprint density at radius 2 is 2.00 bits per heavy atom. The summed E-state index contributed by atoms with van der Waals surface area (Å²) in [6.07, 6.45) is 0. The molecule has 0 fully saturated rings. The van der Waals surface area contributed by atoms with Crippen molar-refractivity contribution in [2.45, 2.75) is 50.3 Å². The number of aryl methyl sites for hydroxylation is 1. The Hall–Kier alpha value is -0.130. The fourth-order valence-corrected chi connectivity index (χ4v) is 3.50. The van der Waals surface area contributed by atoms with Crippen molar-refractivity contribution in [3.63, 3.8) is 0 Å². The van der Waals surface area contributed by atoms with Crippen LogP contribution in [0.15, 0.2) is 4.34 Å². The van der Waals surface area contributed by atoms with Crippen molar-refractivity contribution in [2.24, 2.45) is 11.1 Å². The van der Waals surface area contributed by atoms with Gasteiger partial charge in [0, 0.05) is 11.3 Å². The molecule has 0 saturated heterocycles. The van der Waals surface area contributed by atoms with Gasteiger partial charge in [-0.25, -0.2) is 4.98 Å². The fraction of sp³-hybridized carbons (Fsp3) is 0.800. The number of nitrogens with zero attached hydrogens (tertiary/aromatic N) is 2. The Balaban J connectivity index is 2.76. The molecule has 1 aromatic rings. The van der Waals surface area contributed by atoms with Gasteiger partial charge in [-0.1, -0.05) is 32.5 Å². The number of rotatable bonds is 3. The monoisotopic (exact) mass is 245 g/mol. The zero-order valence-electron chi connectivity index (χ0n) is 9.94. The first-order valence-corrected chi connectivity index (χ1v) is 6.68. The highest BCUT2D eigenvalue weighted by molar-refractivity contribution is 8.01. The predicted octanol–water partition coefficient (Wildman–Crippen LogP) is 2.70. The molecule has 5 heteroatoms. The van der Waals surface area contributed by atoms with E-state index < -0.39 is 0 Å². The minimum absolute atomic E-state index is 0.152. The minimum Gasteiger partial charge on any atom is -0.327 e. The summed E-state index contributed by atoms with van der Waals surface area (Å²) in [5.74, 6) is 0.847. The summed E-state index contributed by atoms with van der Waals surface area (Å²) < 4.78 is 5.20. The van der Waals surface area contributed by atoms with E-state index in [-0.39, 0.29) is 11.5 Å². The number of thioether (sulfide) groups is 1. The maximum atomic E-state index is 6.01. The summed E-state index contributed by atoms with van der Waals surface area (Å²) >= 11 is 3.20. The third kappa shape index (κ3) is 3.74. The van der Waals surface area contributed by atoms with Crippen LogP contribution in [0.2, 0.25) is 0 Å². The third-order valence-corrected chi connectivity index (χ3v) is 4.87. The lowest BCUT2D eigenvalue weighted by Crippen LogP contribution is -2.38. The normalized spacial score (nSPS) is 16.4. The van der Waals surface area contributed by atoms with Crippen LogP contribution in [0.25, 0.3) is 0 Å². The maximum absolute atomic E-state index is 6.01. The summed E-state index contributed by atoms with van der Waals surface area (Å²) in [5.41, 5.74) is 6.19. The molecular weight excluding hydrogens is 226 g/mol. The molecule has 0 aliphatic heterocycles. The van der Waals surface area contributed by atoms with E-state index in [2.05, 4.69) is 37.1 Å². The highest BCUT2D eigenvalue weighted by Crippen LogP contribution is 2.37. The van der Waals surface area contributed by atoms with E-state index in [0.29, 0.717) is 5.25 Å². The molecule has 0 bridgehead atoms. The minimum atomic E-state index is 0.152. The van der Waals surface area contributed by atoms with Crippen LogP contribution in [-0.4, -0.2) is 20.6 Å². The first kappa shape index (κ1) is 12.9. The zero-order valence-corrected chi connectivity index (χ0v) is 11.6. The van der Waals surface area contributed by atoms with Crippen molar-refractivity contribution in [2.75, 3.05) is 0 Å². The topological polar surface area (TPSA) is 51.8 Å². The van der Waals surface area contributed by atoms with Crippen molar-refractivity contribution < 1.29 is 0 Å². The van der Waals surface area contributed by atoms with Gasteiger partial charge in [-0.2, -0.15) is 4.37 Å². The number of hydrogen-bond donors (Lipinski definition) is 1. The third-order valence-electron chi connectivity index (χ3n) is 2.07. The molecule has 15 heavy (non-hydrogen) atoms. The molecule has 0 aromatic carbocycles. The van der Waals surface area contributed by atoms with Gasteiger partial charge in [0.2, 0.25) is 0 Å². The summed E-state index contributed by atoms with van der Waals surface area (Å²) in [5, 5.41) is 0.366. The van der Waals surface area contributed by atoms with Gasteiger partial charge in [-0.3, -0.25) is 0 Å². The number of aromatic nitrogens is 2. The lowest BCUT2D eigenvalue weighted by Gasteiger charge is -2.32. The second-order valence-corrected chi connectivity index (χ2v) is 7.01. The molecule has 2 atom stereocenters. The van der Waals surface area contributed by atoms with Gasteiger partial charge >= 0.3 is 0 Å². The lowest BCUT2D eigenvalue weighted by molar-refractivity contribution is 0.363. The molecule has 1 rings (SSSR count). The van der Waals surface area contributed by atoms with Crippen LogP contribution >= 0.6 is 23.3 Å². The molecule has 2 N–H and O–H groups in total. The van der Waals surface area contributed by atoms with E-state index in [1.165, 1.54) is 11.5 Å². The summed E-state index contributed by atoms with van der Waals surface area (Å²) in [6.45, 7) is 10.6. The van der Waals surface area contributed by atoms with Crippen LogP contribution in [0, 0.1) is 12.3 Å². The Morgan fingerprint density at radius 3 is 2.33 bits per heavy atom. The Morgan fingerprint density at radius 1 is 1.40 bits per heavy atom. The quantitative estimate of drug-likeness (QED) is 0.832. The molecule has 1 aromatic heterocycles. The van der Waals surface area contributed by atoms with Crippen molar-refractivity contribution in [3.8, 4) is 0 Å². The van der Waals surface area contributed by atoms with Crippen LogP contribution in [0.3, 0.4) is 0 Å². The van der Waals surface area contributed by atoms with E-state index in [9.17, 15) is 0 Å². The molecule has 0 spiro atoms. The van der Waals surface area contributed by atoms with Crippen LogP contribution in [0.5, 0.6) is 0 Å². The highest BCUT2D eigenvalue weighted by atomic mass is 32.2. The smallest absolute Gasteiger partial charge is 0.170 e. The summed E-state index contributed by atoms with van der Waals surface area (Å²) in [6, 6.07) is 0.152. The van der Waals surface area contributed by atoms with Crippen LogP contribution < -0.4 is 5.73 Å². The van der Waals surface area contributed by atoms with Crippen LogP contribution in [0.1, 0.15) is 33.5 Å². The van der Waals surface area contributed by atoms with Gasteiger partial charge in [0.1, 0.15) is 5.82 Å². The van der Waals surface area contributed by atoms with Gasteiger partial charge in [-0.15, -0.1) is 0 Å². The lowest BCUT2D eigenvalue weighted by atomic mass is 9.88. The van der Waals surface area contributed by atoms with Crippen molar-refractivity contribution in [3.05, 3.63) is 5.82 Å². The highest BCUT2D eigenvalue weighted by Gasteiger charge is 2.29. The Labute approximate surface area is 100 Å². The Bertz CT molecular complexity index is 315. The molecule has 3 nitrogen and oxygen atoms in total. The largest absolute Gasteiger partial charge is 0.327 e. The molecule has 0 amide bonds. The molecule has 1 heterocycles. The second kappa shape index (κ2) is 4.80. The van der Waals surface area contributed by atoms with Crippen LogP contribution in [0.4, 0.5) is 0 Å². The number of hydrogen-bond acceptors (Lipinski definition) is 5. The molecule has 0 aliphatic carbocycles. The van der Waals surface area contributed by atoms with E-state index in [4.69, 9.17) is 5.73 Å². The van der Waals surface area contributed by atoms with Gasteiger partial charge < -0.3 is 5.73 Å². The van der Waals surface area contributed by atoms with Gasteiger partial charge in [0.25, 0.3) is 0 Å². The standard InChI is InChI=1S/C10H19N3S2/c1-6(11)8(10(3,4)5)14-9-12-7(2)13-15-9/h6,8H,11H2,1-5H3. The van der Waals surface area contributed by atoms with Crippen molar-refractivity contribution >= 4 is 23.3 Å². The summed E-state index contributed by atoms with van der Waals surface area (Å²) in [4.78, 5) is 4.36. The zero-order chi connectivity index (χ0) is 11.6. The molecule has 0 radical (unpaired) electrons. The Kier molecular flexibility index (Phi) is 4.14. The average molecular weight is 245 g/mol. The first-order valence-electron chi connectivity index (χ1n) is 5.03. The second-order valence-electron chi connectivity index (χ2n) is 4.87. The van der Waals surface area contributed by atoms with E-state index >= 15 is 0 Å². The van der Waals surface area contributed by atoms with E-state index in [1.54, 1.807) is 11.8 Å². The molecule has 0 saturated carbocycles. The molecule has 86 valence electrons. The van der Waals surface area contributed by atoms with Gasteiger partial charge in [0.15, 0.2) is 4.34 Å². The van der Waals surface area contributed by atoms with E-state index in [1.807, 2.05) is 6.92 Å². The predicted molar refractivity (Wildman–Crippen MR) is 67.4 cm³/mol. The average Bonchev–Trinajstić information content (AvgIpc) is 2.44. The van der Waals surface area contributed by atoms with Gasteiger partial charge in [0.05, 0.1) is 0 Å². The fourth-order valence-electron chi connectivity index (χ4n) is 1.51. The molecule has 0 aliphatic rings.